The highest BCUT2D eigenvalue weighted by Gasteiger charge is 2.32. The Hall–Kier alpha value is -0.240. The van der Waals surface area contributed by atoms with E-state index in [0.29, 0.717) is 17.8 Å². The molecule has 3 heteroatoms. The Morgan fingerprint density at radius 3 is 2.24 bits per heavy atom. The molecule has 0 heterocycles. The lowest BCUT2D eigenvalue weighted by Gasteiger charge is -2.38. The summed E-state index contributed by atoms with van der Waals surface area (Å²) in [5, 5.41) is 8.70. The first-order chi connectivity index (χ1) is 7.80. The van der Waals surface area contributed by atoms with Crippen LogP contribution in [0.5, 0.6) is 0 Å². The molecule has 0 saturated heterocycles. The first-order valence-corrected chi connectivity index (χ1v) is 7.10. The van der Waals surface area contributed by atoms with Crippen LogP contribution in [0, 0.1) is 17.3 Å². The van der Waals surface area contributed by atoms with E-state index in [1.807, 2.05) is 0 Å². The molecule has 1 unspecified atom stereocenters. The fraction of sp³-hybridized carbons (Fsp3) is 0.929. The van der Waals surface area contributed by atoms with Crippen LogP contribution in [0.3, 0.4) is 0 Å². The highest BCUT2D eigenvalue weighted by Crippen LogP contribution is 2.42. The van der Waals surface area contributed by atoms with Gasteiger partial charge < -0.3 is 5.11 Å². The van der Waals surface area contributed by atoms with E-state index in [2.05, 4.69) is 20.8 Å². The van der Waals surface area contributed by atoms with Crippen LogP contribution in [0.25, 0.3) is 0 Å². The Morgan fingerprint density at radius 2 is 1.82 bits per heavy atom. The molecule has 1 rings (SSSR count). The molecule has 0 aromatic rings. The maximum atomic E-state index is 10.5. The summed E-state index contributed by atoms with van der Waals surface area (Å²) in [6, 6.07) is 0. The van der Waals surface area contributed by atoms with Gasteiger partial charge in [-0.15, -0.1) is 11.6 Å². The Balaban J connectivity index is 2.33. The number of carboxylic acid groups (broad SMARTS) is 1. The van der Waals surface area contributed by atoms with Gasteiger partial charge in [0.15, 0.2) is 0 Å². The van der Waals surface area contributed by atoms with Gasteiger partial charge in [0.05, 0.1) is 0 Å². The van der Waals surface area contributed by atoms with Crippen molar-refractivity contribution in [1.82, 2.24) is 0 Å². The largest absolute Gasteiger partial charge is 0.481 e. The van der Waals surface area contributed by atoms with Crippen molar-refractivity contribution in [3.63, 3.8) is 0 Å². The van der Waals surface area contributed by atoms with Crippen LogP contribution in [-0.2, 0) is 4.79 Å². The van der Waals surface area contributed by atoms with Gasteiger partial charge in [0, 0.05) is 11.8 Å². The first-order valence-electron chi connectivity index (χ1n) is 6.66. The third kappa shape index (κ3) is 4.87. The summed E-state index contributed by atoms with van der Waals surface area (Å²) in [5.41, 5.74) is 0.397. The molecule has 1 fully saturated rings. The average Bonchev–Trinajstić information content (AvgIpc) is 2.25. The van der Waals surface area contributed by atoms with E-state index in [0.717, 1.165) is 18.8 Å². The number of rotatable bonds is 4. The van der Waals surface area contributed by atoms with Gasteiger partial charge in [-0.05, 0) is 49.4 Å². The SMILES string of the molecule is CC(C)(C)C1CCC(C(Cl)CCC(=O)O)CC1. The fourth-order valence-electron chi connectivity index (χ4n) is 2.84. The van der Waals surface area contributed by atoms with Gasteiger partial charge in [0.1, 0.15) is 0 Å². The minimum absolute atomic E-state index is 0.0482. The van der Waals surface area contributed by atoms with E-state index in [4.69, 9.17) is 16.7 Å². The summed E-state index contributed by atoms with van der Waals surface area (Å²) < 4.78 is 0. The number of hydrogen-bond acceptors (Lipinski definition) is 1. The summed E-state index contributed by atoms with van der Waals surface area (Å²) in [6.07, 6.45) is 5.62. The van der Waals surface area contributed by atoms with Crippen molar-refractivity contribution < 1.29 is 9.90 Å². The molecule has 0 radical (unpaired) electrons. The van der Waals surface area contributed by atoms with Crippen LogP contribution in [-0.4, -0.2) is 16.5 Å². The van der Waals surface area contributed by atoms with Crippen LogP contribution < -0.4 is 0 Å². The molecule has 1 aliphatic rings. The van der Waals surface area contributed by atoms with Crippen LogP contribution in [0.15, 0.2) is 0 Å². The average molecular weight is 261 g/mol. The van der Waals surface area contributed by atoms with Crippen molar-refractivity contribution in [2.75, 3.05) is 0 Å². The molecular weight excluding hydrogens is 236 g/mol. The molecule has 1 N–H and O–H groups in total. The fourth-order valence-corrected chi connectivity index (χ4v) is 3.21. The van der Waals surface area contributed by atoms with Gasteiger partial charge >= 0.3 is 5.97 Å². The molecule has 1 saturated carbocycles. The van der Waals surface area contributed by atoms with E-state index >= 15 is 0 Å². The van der Waals surface area contributed by atoms with E-state index in [9.17, 15) is 4.79 Å². The van der Waals surface area contributed by atoms with Gasteiger partial charge in [0.25, 0.3) is 0 Å². The molecule has 0 spiro atoms. The molecule has 1 atom stereocenters. The number of carbonyl (C=O) groups is 1. The van der Waals surface area contributed by atoms with Crippen molar-refractivity contribution in [3.8, 4) is 0 Å². The Bertz CT molecular complexity index is 249. The second-order valence-corrected chi connectivity index (χ2v) is 6.99. The van der Waals surface area contributed by atoms with Crippen LogP contribution in [0.2, 0.25) is 0 Å². The summed E-state index contributed by atoms with van der Waals surface area (Å²) in [5.74, 6) is 0.579. The van der Waals surface area contributed by atoms with Gasteiger partial charge in [-0.1, -0.05) is 20.8 Å². The Kier molecular flexibility index (Phi) is 5.30. The number of aliphatic carboxylic acids is 1. The molecule has 1 aliphatic carbocycles. The molecule has 0 aromatic carbocycles. The topological polar surface area (TPSA) is 37.3 Å². The van der Waals surface area contributed by atoms with Gasteiger partial charge in [-0.25, -0.2) is 0 Å². The minimum Gasteiger partial charge on any atom is -0.481 e. The van der Waals surface area contributed by atoms with Crippen molar-refractivity contribution >= 4 is 17.6 Å². The highest BCUT2D eigenvalue weighted by atomic mass is 35.5. The first kappa shape index (κ1) is 14.8. The molecule has 0 bridgehead atoms. The van der Waals surface area contributed by atoms with E-state index in [1.165, 1.54) is 12.8 Å². The lowest BCUT2D eigenvalue weighted by atomic mass is 9.69. The third-order valence-electron chi connectivity index (χ3n) is 4.14. The van der Waals surface area contributed by atoms with Gasteiger partial charge in [0.2, 0.25) is 0 Å². The second-order valence-electron chi connectivity index (χ2n) is 6.43. The van der Waals surface area contributed by atoms with E-state index in [-0.39, 0.29) is 11.8 Å². The number of halogens is 1. The minimum atomic E-state index is -0.737. The maximum absolute atomic E-state index is 10.5. The standard InChI is InChI=1S/C14H25ClO2/c1-14(2,3)11-6-4-10(5-7-11)12(15)8-9-13(16)17/h10-12H,4-9H2,1-3H3,(H,16,17). The predicted molar refractivity (Wildman–Crippen MR) is 71.4 cm³/mol. The normalized spacial score (nSPS) is 27.8. The Labute approximate surface area is 110 Å². The van der Waals surface area contributed by atoms with E-state index < -0.39 is 5.97 Å². The third-order valence-corrected chi connectivity index (χ3v) is 4.72. The number of alkyl halides is 1. The zero-order valence-corrected chi connectivity index (χ0v) is 12.0. The van der Waals surface area contributed by atoms with Gasteiger partial charge in [-0.3, -0.25) is 4.79 Å². The predicted octanol–water partition coefficient (Wildman–Crippen LogP) is 4.31. The molecule has 0 aromatic heterocycles. The van der Waals surface area contributed by atoms with Crippen LogP contribution in [0.1, 0.15) is 59.3 Å². The van der Waals surface area contributed by atoms with Crippen molar-refractivity contribution in [2.45, 2.75) is 64.7 Å². The molecular formula is C14H25ClO2. The molecule has 17 heavy (non-hydrogen) atoms. The molecule has 0 aliphatic heterocycles. The van der Waals surface area contributed by atoms with Crippen molar-refractivity contribution in [2.24, 2.45) is 17.3 Å². The van der Waals surface area contributed by atoms with Crippen molar-refractivity contribution in [1.29, 1.82) is 0 Å². The lowest BCUT2D eigenvalue weighted by molar-refractivity contribution is -0.137. The molecule has 2 nitrogen and oxygen atoms in total. The monoisotopic (exact) mass is 260 g/mol. The zero-order chi connectivity index (χ0) is 13.1. The summed E-state index contributed by atoms with van der Waals surface area (Å²) in [7, 11) is 0. The van der Waals surface area contributed by atoms with Crippen LogP contribution in [0.4, 0.5) is 0 Å². The zero-order valence-electron chi connectivity index (χ0n) is 11.2. The number of hydrogen-bond donors (Lipinski definition) is 1. The summed E-state index contributed by atoms with van der Waals surface area (Å²) in [6.45, 7) is 6.92. The summed E-state index contributed by atoms with van der Waals surface area (Å²) >= 11 is 6.30. The second kappa shape index (κ2) is 6.08. The smallest absolute Gasteiger partial charge is 0.303 e. The molecule has 100 valence electrons. The van der Waals surface area contributed by atoms with Crippen molar-refractivity contribution in [3.05, 3.63) is 0 Å². The Morgan fingerprint density at radius 1 is 1.29 bits per heavy atom. The van der Waals surface area contributed by atoms with Gasteiger partial charge in [-0.2, -0.15) is 0 Å². The number of carboxylic acids is 1. The van der Waals surface area contributed by atoms with E-state index in [1.54, 1.807) is 0 Å². The maximum Gasteiger partial charge on any atom is 0.303 e. The van der Waals surface area contributed by atoms with Crippen LogP contribution >= 0.6 is 11.6 Å². The summed E-state index contributed by atoms with van der Waals surface area (Å²) in [4.78, 5) is 10.5. The molecule has 0 amide bonds. The quantitative estimate of drug-likeness (QED) is 0.765. The highest BCUT2D eigenvalue weighted by molar-refractivity contribution is 6.20. The lowest BCUT2D eigenvalue weighted by Crippen LogP contribution is -2.29.